The Morgan fingerprint density at radius 2 is 2.22 bits per heavy atom. The second kappa shape index (κ2) is 4.60. The van der Waals surface area contributed by atoms with Crippen molar-refractivity contribution in [2.45, 2.75) is 0 Å². The van der Waals surface area contributed by atoms with Gasteiger partial charge in [0.05, 0.1) is 7.11 Å². The van der Waals surface area contributed by atoms with Crippen LogP contribution in [-0.4, -0.2) is 31.2 Å². The predicted molar refractivity (Wildman–Crippen MR) is 34.7 cm³/mol. The fourth-order valence-electron chi connectivity index (χ4n) is 0.281. The second-order valence-corrected chi connectivity index (χ2v) is 1.65. The summed E-state index contributed by atoms with van der Waals surface area (Å²) in [6.45, 7) is -0.0165. The van der Waals surface area contributed by atoms with E-state index < -0.39 is 0 Å². The lowest BCUT2D eigenvalue weighted by Crippen LogP contribution is -2.24. The van der Waals surface area contributed by atoms with Crippen molar-refractivity contribution < 1.29 is 14.4 Å². The van der Waals surface area contributed by atoms with Crippen LogP contribution in [-0.2, 0) is 14.4 Å². The molecule has 9 heavy (non-hydrogen) atoms. The quantitative estimate of drug-likeness (QED) is 0.451. The highest BCUT2D eigenvalue weighted by Crippen LogP contribution is 1.92. The minimum absolute atomic E-state index is 0.0165. The van der Waals surface area contributed by atoms with Gasteiger partial charge in [0.15, 0.2) is 0 Å². The number of amides is 1. The van der Waals surface area contributed by atoms with Gasteiger partial charge in [-0.2, -0.15) is 4.47 Å². The third-order valence-corrected chi connectivity index (χ3v) is 1.04. The van der Waals surface area contributed by atoms with Gasteiger partial charge in [0.1, 0.15) is 6.61 Å². The zero-order valence-corrected chi connectivity index (χ0v) is 6.22. The first-order valence-electron chi connectivity index (χ1n) is 2.27. The zero-order chi connectivity index (χ0) is 7.28. The number of ether oxygens (including phenoxy) is 1. The van der Waals surface area contributed by atoms with E-state index in [4.69, 9.17) is 0 Å². The number of methoxy groups -OCH3 is 1. The highest BCUT2D eigenvalue weighted by atomic mass is 32.1. The summed E-state index contributed by atoms with van der Waals surface area (Å²) in [6, 6.07) is 0. The molecule has 54 valence electrons. The summed E-state index contributed by atoms with van der Waals surface area (Å²) in [5, 5.41) is 0. The molecule has 0 aromatic carbocycles. The lowest BCUT2D eigenvalue weighted by atomic mass is 10.7. The average Bonchev–Trinajstić information content (AvgIpc) is 1.87. The maximum Gasteiger partial charge on any atom is 0.282 e. The van der Waals surface area contributed by atoms with Gasteiger partial charge in [-0.3, -0.25) is 9.63 Å². The molecule has 0 aromatic heterocycles. The van der Waals surface area contributed by atoms with Gasteiger partial charge in [0.25, 0.3) is 5.91 Å². The Morgan fingerprint density at radius 1 is 1.67 bits per heavy atom. The van der Waals surface area contributed by atoms with Crippen molar-refractivity contribution in [2.75, 3.05) is 20.8 Å². The van der Waals surface area contributed by atoms with E-state index in [9.17, 15) is 4.79 Å². The Bertz CT molecular complexity index is 97.8. The van der Waals surface area contributed by atoms with Crippen LogP contribution in [0.1, 0.15) is 0 Å². The monoisotopic (exact) mass is 151 g/mol. The van der Waals surface area contributed by atoms with E-state index >= 15 is 0 Å². The molecule has 0 aliphatic heterocycles. The van der Waals surface area contributed by atoms with E-state index in [2.05, 4.69) is 22.4 Å². The van der Waals surface area contributed by atoms with Crippen molar-refractivity contribution in [1.29, 1.82) is 0 Å². The molecule has 0 saturated heterocycles. The third kappa shape index (κ3) is 3.34. The summed E-state index contributed by atoms with van der Waals surface area (Å²) in [4.78, 5) is 15.0. The van der Waals surface area contributed by atoms with E-state index in [1.54, 1.807) is 0 Å². The van der Waals surface area contributed by atoms with Gasteiger partial charge in [-0.15, -0.1) is 0 Å². The summed E-state index contributed by atoms with van der Waals surface area (Å²) >= 11 is 3.64. The number of thiol groups is 1. The van der Waals surface area contributed by atoms with Gasteiger partial charge >= 0.3 is 0 Å². The van der Waals surface area contributed by atoms with Gasteiger partial charge in [-0.05, 0) is 12.8 Å². The van der Waals surface area contributed by atoms with Crippen molar-refractivity contribution in [2.24, 2.45) is 0 Å². The number of hydrogen-bond acceptors (Lipinski definition) is 4. The molecular weight excluding hydrogens is 142 g/mol. The first-order chi connectivity index (χ1) is 4.22. The molecule has 0 bridgehead atoms. The highest BCUT2D eigenvalue weighted by Gasteiger charge is 2.06. The maximum absolute atomic E-state index is 10.6. The molecule has 0 radical (unpaired) electrons. The van der Waals surface area contributed by atoms with Crippen LogP contribution < -0.4 is 0 Å². The number of rotatable bonds is 3. The largest absolute Gasteiger partial charge is 0.375 e. The van der Waals surface area contributed by atoms with Crippen molar-refractivity contribution in [3.63, 3.8) is 0 Å². The Morgan fingerprint density at radius 3 is 2.56 bits per heavy atom. The smallest absolute Gasteiger partial charge is 0.282 e. The fourth-order valence-corrected chi connectivity index (χ4v) is 0.338. The van der Waals surface area contributed by atoms with Gasteiger partial charge in [-0.25, -0.2) is 0 Å². The predicted octanol–water partition coefficient (Wildman–Crippen LogP) is -0.132. The molecule has 0 spiro atoms. The molecule has 0 N–H and O–H groups in total. The van der Waals surface area contributed by atoms with Crippen LogP contribution in [0, 0.1) is 0 Å². The Balaban J connectivity index is 3.46. The average molecular weight is 151 g/mol. The first-order valence-corrected chi connectivity index (χ1v) is 2.67. The van der Waals surface area contributed by atoms with Crippen LogP contribution in [0.15, 0.2) is 0 Å². The van der Waals surface area contributed by atoms with Crippen molar-refractivity contribution in [3.8, 4) is 0 Å². The van der Waals surface area contributed by atoms with E-state index in [0.717, 1.165) is 4.47 Å². The summed E-state index contributed by atoms with van der Waals surface area (Å²) in [7, 11) is 2.77. The van der Waals surface area contributed by atoms with E-state index in [1.165, 1.54) is 14.2 Å². The highest BCUT2D eigenvalue weighted by molar-refractivity contribution is 7.78. The lowest BCUT2D eigenvalue weighted by Gasteiger charge is -2.09. The van der Waals surface area contributed by atoms with E-state index in [1.807, 2.05) is 0 Å². The second-order valence-electron chi connectivity index (χ2n) is 1.28. The number of hydroxylamine groups is 1. The molecule has 0 heterocycles. The number of hydrogen-bond donors (Lipinski definition) is 1. The van der Waals surface area contributed by atoms with Crippen LogP contribution in [0.25, 0.3) is 0 Å². The van der Waals surface area contributed by atoms with Gasteiger partial charge in [0, 0.05) is 7.11 Å². The number of carbonyl (C=O) groups is 1. The summed E-state index contributed by atoms with van der Waals surface area (Å²) < 4.78 is 5.32. The molecule has 0 saturated carbocycles. The maximum atomic E-state index is 10.6. The minimum atomic E-state index is -0.330. The molecule has 0 fully saturated rings. The molecule has 0 aliphatic rings. The van der Waals surface area contributed by atoms with Gasteiger partial charge < -0.3 is 4.74 Å². The number of carbonyl (C=O) groups excluding carboxylic acids is 1. The van der Waals surface area contributed by atoms with Gasteiger partial charge in [0.2, 0.25) is 0 Å². The van der Waals surface area contributed by atoms with E-state index in [0.29, 0.717) is 0 Å². The molecular formula is C4H9NO3S. The first kappa shape index (κ1) is 8.74. The normalized spacial score (nSPS) is 9.22. The standard InChI is InChI=1S/C4H9NO3S/c1-7-3-4(6)5(9)8-2/h9H,3H2,1-2H3. The fraction of sp³-hybridized carbons (Fsp3) is 0.750. The van der Waals surface area contributed by atoms with Crippen molar-refractivity contribution in [1.82, 2.24) is 4.47 Å². The molecule has 0 aliphatic carbocycles. The zero-order valence-electron chi connectivity index (χ0n) is 5.33. The Kier molecular flexibility index (Phi) is 4.47. The number of nitrogens with zero attached hydrogens (tertiary/aromatic N) is 1. The Labute approximate surface area is 59.2 Å². The molecule has 0 atom stereocenters. The van der Waals surface area contributed by atoms with Crippen molar-refractivity contribution >= 4 is 18.7 Å². The Hall–Kier alpha value is -0.260. The summed E-state index contributed by atoms with van der Waals surface area (Å²) in [6.07, 6.45) is 0. The van der Waals surface area contributed by atoms with Crippen LogP contribution in [0.2, 0.25) is 0 Å². The molecule has 0 aromatic rings. The van der Waals surface area contributed by atoms with Crippen LogP contribution >= 0.6 is 12.8 Å². The molecule has 4 nitrogen and oxygen atoms in total. The van der Waals surface area contributed by atoms with Crippen LogP contribution in [0.4, 0.5) is 0 Å². The lowest BCUT2D eigenvalue weighted by molar-refractivity contribution is -0.153. The van der Waals surface area contributed by atoms with E-state index in [-0.39, 0.29) is 12.5 Å². The SMILES string of the molecule is COCC(=O)N(S)OC. The summed E-state index contributed by atoms with van der Waals surface area (Å²) in [5.74, 6) is -0.330. The topological polar surface area (TPSA) is 38.8 Å². The summed E-state index contributed by atoms with van der Waals surface area (Å²) in [5.41, 5.74) is 0. The molecule has 1 amide bonds. The van der Waals surface area contributed by atoms with Crippen molar-refractivity contribution in [3.05, 3.63) is 0 Å². The molecule has 0 unspecified atom stereocenters. The minimum Gasteiger partial charge on any atom is -0.375 e. The van der Waals surface area contributed by atoms with Crippen LogP contribution in [0.5, 0.6) is 0 Å². The van der Waals surface area contributed by atoms with Gasteiger partial charge in [-0.1, -0.05) is 0 Å². The molecule has 0 rings (SSSR count). The third-order valence-electron chi connectivity index (χ3n) is 0.654. The van der Waals surface area contributed by atoms with Crippen LogP contribution in [0.3, 0.4) is 0 Å². The molecule has 5 heteroatoms.